The molecule has 1 aliphatic heterocycles. The number of hydrogen-bond acceptors (Lipinski definition) is 4. The van der Waals surface area contributed by atoms with Gasteiger partial charge in [-0.25, -0.2) is 0 Å². The molecule has 4 rings (SSSR count). The zero-order valence-corrected chi connectivity index (χ0v) is 15.7. The highest BCUT2D eigenvalue weighted by Crippen LogP contribution is 2.25. The summed E-state index contributed by atoms with van der Waals surface area (Å²) in [4.78, 5) is 26.4. The second kappa shape index (κ2) is 7.86. The Morgan fingerprint density at radius 3 is 2.68 bits per heavy atom. The van der Waals surface area contributed by atoms with Crippen LogP contribution in [-0.4, -0.2) is 23.5 Å². The summed E-state index contributed by atoms with van der Waals surface area (Å²) in [5.41, 5.74) is 2.28. The third kappa shape index (κ3) is 3.92. The molecule has 2 amide bonds. The van der Waals surface area contributed by atoms with Crippen molar-refractivity contribution >= 4 is 29.1 Å². The lowest BCUT2D eigenvalue weighted by Gasteiger charge is -2.16. The molecule has 1 atom stereocenters. The smallest absolute Gasteiger partial charge is 0.227 e. The van der Waals surface area contributed by atoms with Gasteiger partial charge in [0.2, 0.25) is 11.8 Å². The number of rotatable bonds is 5. The first-order valence-corrected chi connectivity index (χ1v) is 9.32. The largest absolute Gasteiger partial charge is 0.356 e. The highest BCUT2D eigenvalue weighted by atomic mass is 35.5. The van der Waals surface area contributed by atoms with E-state index in [4.69, 9.17) is 16.1 Å². The van der Waals surface area contributed by atoms with Crippen LogP contribution in [0, 0.1) is 5.92 Å². The number of benzene rings is 2. The topological polar surface area (TPSA) is 75.4 Å². The summed E-state index contributed by atoms with van der Waals surface area (Å²) in [6.45, 7) is 0.621. The molecule has 7 heteroatoms. The number of nitrogens with zero attached hydrogens (tertiary/aromatic N) is 2. The molecule has 0 saturated carbocycles. The lowest BCUT2D eigenvalue weighted by molar-refractivity contribution is -0.126. The normalized spacial score (nSPS) is 16.4. The molecular formula is C21H18ClN3O3. The number of carbonyl (C=O) groups excluding carboxylic acids is 2. The van der Waals surface area contributed by atoms with Crippen LogP contribution in [0.5, 0.6) is 0 Å². The van der Waals surface area contributed by atoms with Crippen molar-refractivity contribution in [1.29, 1.82) is 0 Å². The standard InChI is InChI=1S/C21H18ClN3O3/c22-16-8-6-14(7-9-16)19-11-17(24-28-19)12-23-21(27)15-10-20(26)25(13-15)18-4-2-1-3-5-18/h1-9,11,15H,10,12-13H2,(H,23,27). The minimum absolute atomic E-state index is 0.0437. The molecule has 0 bridgehead atoms. The highest BCUT2D eigenvalue weighted by molar-refractivity contribution is 6.30. The van der Waals surface area contributed by atoms with Gasteiger partial charge in [-0.3, -0.25) is 9.59 Å². The summed E-state index contributed by atoms with van der Waals surface area (Å²) < 4.78 is 5.33. The Morgan fingerprint density at radius 2 is 1.93 bits per heavy atom. The predicted octanol–water partition coefficient (Wildman–Crippen LogP) is 3.66. The van der Waals surface area contributed by atoms with E-state index >= 15 is 0 Å². The van der Waals surface area contributed by atoms with Crippen LogP contribution in [0.3, 0.4) is 0 Å². The van der Waals surface area contributed by atoms with Crippen molar-refractivity contribution in [2.24, 2.45) is 5.92 Å². The summed E-state index contributed by atoms with van der Waals surface area (Å²) in [5, 5.41) is 7.48. The van der Waals surface area contributed by atoms with Gasteiger partial charge >= 0.3 is 0 Å². The number of carbonyl (C=O) groups is 2. The molecule has 1 fully saturated rings. The van der Waals surface area contributed by atoms with Crippen molar-refractivity contribution < 1.29 is 14.1 Å². The SMILES string of the molecule is O=C(NCc1cc(-c2ccc(Cl)cc2)on1)C1CC(=O)N(c2ccccc2)C1. The van der Waals surface area contributed by atoms with E-state index in [0.29, 0.717) is 23.0 Å². The van der Waals surface area contributed by atoms with Crippen molar-refractivity contribution in [3.8, 4) is 11.3 Å². The third-order valence-corrected chi connectivity index (χ3v) is 4.95. The zero-order chi connectivity index (χ0) is 19.5. The molecule has 2 aromatic carbocycles. The quantitative estimate of drug-likeness (QED) is 0.715. The third-order valence-electron chi connectivity index (χ3n) is 4.70. The van der Waals surface area contributed by atoms with Gasteiger partial charge in [-0.1, -0.05) is 35.0 Å². The van der Waals surface area contributed by atoms with Gasteiger partial charge in [0.1, 0.15) is 5.69 Å². The van der Waals surface area contributed by atoms with Gasteiger partial charge in [0, 0.05) is 35.3 Å². The van der Waals surface area contributed by atoms with E-state index in [1.807, 2.05) is 42.5 Å². The Bertz CT molecular complexity index is 986. The summed E-state index contributed by atoms with van der Waals surface area (Å²) in [6.07, 6.45) is 0.204. The second-order valence-corrected chi connectivity index (χ2v) is 7.08. The Balaban J connectivity index is 1.35. The fourth-order valence-corrected chi connectivity index (χ4v) is 3.33. The van der Waals surface area contributed by atoms with Crippen molar-refractivity contribution in [2.75, 3.05) is 11.4 Å². The van der Waals surface area contributed by atoms with Crippen LogP contribution < -0.4 is 10.2 Å². The number of halogens is 1. The van der Waals surface area contributed by atoms with Crippen LogP contribution in [0.1, 0.15) is 12.1 Å². The Labute approximate surface area is 167 Å². The van der Waals surface area contributed by atoms with E-state index in [2.05, 4.69) is 10.5 Å². The first kappa shape index (κ1) is 18.3. The summed E-state index contributed by atoms with van der Waals surface area (Å²) >= 11 is 5.89. The number of nitrogens with one attached hydrogen (secondary N) is 1. The molecule has 0 radical (unpaired) electrons. The lowest BCUT2D eigenvalue weighted by Crippen LogP contribution is -2.32. The average Bonchev–Trinajstić information content (AvgIpc) is 3.34. The number of para-hydroxylation sites is 1. The van der Waals surface area contributed by atoms with Gasteiger partial charge in [-0.2, -0.15) is 0 Å². The van der Waals surface area contributed by atoms with Gasteiger partial charge in [0.05, 0.1) is 12.5 Å². The first-order chi connectivity index (χ1) is 13.6. The number of amides is 2. The maximum absolute atomic E-state index is 12.5. The second-order valence-electron chi connectivity index (χ2n) is 6.65. The fraction of sp³-hybridized carbons (Fsp3) is 0.190. The number of hydrogen-bond donors (Lipinski definition) is 1. The minimum atomic E-state index is -0.379. The maximum Gasteiger partial charge on any atom is 0.227 e. The van der Waals surface area contributed by atoms with E-state index in [1.54, 1.807) is 23.1 Å². The van der Waals surface area contributed by atoms with Crippen LogP contribution >= 0.6 is 11.6 Å². The molecule has 0 spiro atoms. The molecule has 1 unspecified atom stereocenters. The molecule has 3 aromatic rings. The highest BCUT2D eigenvalue weighted by Gasteiger charge is 2.34. The number of anilines is 1. The van der Waals surface area contributed by atoms with Crippen molar-refractivity contribution in [3.05, 3.63) is 71.4 Å². The van der Waals surface area contributed by atoms with Gasteiger partial charge in [0.15, 0.2) is 5.76 Å². The lowest BCUT2D eigenvalue weighted by atomic mass is 10.1. The minimum Gasteiger partial charge on any atom is -0.356 e. The summed E-state index contributed by atoms with van der Waals surface area (Å²) in [6, 6.07) is 18.4. The molecule has 28 heavy (non-hydrogen) atoms. The van der Waals surface area contributed by atoms with Crippen LogP contribution in [0.4, 0.5) is 5.69 Å². The van der Waals surface area contributed by atoms with Crippen molar-refractivity contribution in [3.63, 3.8) is 0 Å². The zero-order valence-electron chi connectivity index (χ0n) is 15.0. The van der Waals surface area contributed by atoms with Gasteiger partial charge in [0.25, 0.3) is 0 Å². The van der Waals surface area contributed by atoms with E-state index in [0.717, 1.165) is 11.3 Å². The summed E-state index contributed by atoms with van der Waals surface area (Å²) in [7, 11) is 0. The molecule has 2 heterocycles. The van der Waals surface area contributed by atoms with Crippen molar-refractivity contribution in [1.82, 2.24) is 10.5 Å². The van der Waals surface area contributed by atoms with Gasteiger partial charge in [-0.15, -0.1) is 0 Å². The molecule has 0 aliphatic carbocycles. The predicted molar refractivity (Wildman–Crippen MR) is 106 cm³/mol. The Hall–Kier alpha value is -3.12. The van der Waals surface area contributed by atoms with Crippen molar-refractivity contribution in [2.45, 2.75) is 13.0 Å². The van der Waals surface area contributed by atoms with Crippen LogP contribution in [-0.2, 0) is 16.1 Å². The molecular weight excluding hydrogens is 378 g/mol. The number of aromatic nitrogens is 1. The average molecular weight is 396 g/mol. The van der Waals surface area contributed by atoms with E-state index in [9.17, 15) is 9.59 Å². The van der Waals surface area contributed by atoms with Gasteiger partial charge < -0.3 is 14.7 Å². The monoisotopic (exact) mass is 395 g/mol. The van der Waals surface area contributed by atoms with E-state index < -0.39 is 0 Å². The van der Waals surface area contributed by atoms with Crippen LogP contribution in [0.2, 0.25) is 5.02 Å². The maximum atomic E-state index is 12.5. The van der Waals surface area contributed by atoms with Crippen LogP contribution in [0.25, 0.3) is 11.3 Å². The molecule has 1 saturated heterocycles. The molecule has 6 nitrogen and oxygen atoms in total. The fourth-order valence-electron chi connectivity index (χ4n) is 3.21. The van der Waals surface area contributed by atoms with E-state index in [1.165, 1.54) is 0 Å². The first-order valence-electron chi connectivity index (χ1n) is 8.95. The molecule has 142 valence electrons. The Morgan fingerprint density at radius 1 is 1.18 bits per heavy atom. The molecule has 1 aromatic heterocycles. The van der Waals surface area contributed by atoms with Crippen LogP contribution in [0.15, 0.2) is 65.2 Å². The molecule has 1 aliphatic rings. The van der Waals surface area contributed by atoms with E-state index in [-0.39, 0.29) is 30.7 Å². The molecule has 1 N–H and O–H groups in total. The Kier molecular flexibility index (Phi) is 5.12. The summed E-state index contributed by atoms with van der Waals surface area (Å²) in [5.74, 6) is 0.0168. The van der Waals surface area contributed by atoms with Gasteiger partial charge in [-0.05, 0) is 36.4 Å².